The van der Waals surface area contributed by atoms with Gasteiger partial charge in [-0.1, -0.05) is 0 Å². The van der Waals surface area contributed by atoms with Crippen LogP contribution in [0.15, 0.2) is 53.1 Å². The van der Waals surface area contributed by atoms with Crippen LogP contribution in [0.4, 0.5) is 11.6 Å². The predicted molar refractivity (Wildman–Crippen MR) is 107 cm³/mol. The van der Waals surface area contributed by atoms with Gasteiger partial charge in [-0.15, -0.1) is 5.11 Å². The van der Waals surface area contributed by atoms with E-state index < -0.39 is 0 Å². The van der Waals surface area contributed by atoms with Gasteiger partial charge in [0.25, 0.3) is 0 Å². The summed E-state index contributed by atoms with van der Waals surface area (Å²) in [7, 11) is 0. The van der Waals surface area contributed by atoms with Crippen molar-refractivity contribution in [2.24, 2.45) is 15.8 Å². The highest BCUT2D eigenvalue weighted by Crippen LogP contribution is 2.26. The molecule has 1 unspecified atom stereocenters. The van der Waals surface area contributed by atoms with Crippen LogP contribution < -0.4 is 11.1 Å². The zero-order valence-corrected chi connectivity index (χ0v) is 15.3. The van der Waals surface area contributed by atoms with E-state index in [9.17, 15) is 0 Å². The van der Waals surface area contributed by atoms with E-state index in [1.165, 1.54) is 18.6 Å². The highest BCUT2D eigenvalue weighted by molar-refractivity contribution is 6.08. The molecule has 0 saturated heterocycles. The monoisotopic (exact) mass is 379 g/mol. The molecule has 0 radical (unpaired) electrons. The lowest BCUT2D eigenvalue weighted by Crippen LogP contribution is -2.10. The van der Waals surface area contributed by atoms with Crippen LogP contribution >= 0.6 is 0 Å². The number of aromatic nitrogens is 4. The number of pyridine rings is 1. The highest BCUT2D eigenvalue weighted by atomic mass is 16.3. The molecular formula is C18H21N9O. The van der Waals surface area contributed by atoms with Gasteiger partial charge in [0, 0.05) is 30.4 Å². The van der Waals surface area contributed by atoms with E-state index in [-0.39, 0.29) is 25.0 Å². The summed E-state index contributed by atoms with van der Waals surface area (Å²) in [5.74, 6) is 0.535. The third-order valence-electron chi connectivity index (χ3n) is 4.07. The molecule has 5 N–H and O–H groups in total. The number of rotatable bonds is 8. The summed E-state index contributed by atoms with van der Waals surface area (Å²) in [5, 5.41) is 19.7. The molecule has 3 aromatic heterocycles. The van der Waals surface area contributed by atoms with E-state index >= 15 is 0 Å². The molecule has 0 spiro atoms. The van der Waals surface area contributed by atoms with E-state index in [1.807, 2.05) is 31.3 Å². The molecule has 0 aliphatic heterocycles. The highest BCUT2D eigenvalue weighted by Gasteiger charge is 2.14. The minimum absolute atomic E-state index is 0.0530. The molecule has 0 bridgehead atoms. The normalized spacial score (nSPS) is 13.1. The number of nitrogens with two attached hydrogens (primary N) is 1. The quantitative estimate of drug-likeness (QED) is 0.348. The Bertz CT molecular complexity index is 1020. The Labute approximate surface area is 161 Å². The van der Waals surface area contributed by atoms with Crippen LogP contribution in [0.1, 0.15) is 24.2 Å². The number of aliphatic imine (C=N–C) groups is 1. The maximum atomic E-state index is 8.85. The topological polar surface area (TPSA) is 150 Å². The van der Waals surface area contributed by atoms with Crippen molar-refractivity contribution in [2.75, 3.05) is 18.5 Å². The summed E-state index contributed by atoms with van der Waals surface area (Å²) >= 11 is 0. The summed E-state index contributed by atoms with van der Waals surface area (Å²) in [6.45, 7) is 2.19. The minimum atomic E-state index is -0.113. The molecule has 0 aromatic carbocycles. The number of nitrogens with one attached hydrogen (secondary N) is 2. The van der Waals surface area contributed by atoms with Gasteiger partial charge in [0.05, 0.1) is 36.6 Å². The molecule has 0 saturated carbocycles. The van der Waals surface area contributed by atoms with Crippen LogP contribution in [0.2, 0.25) is 0 Å². The number of aliphatic hydroxyl groups excluding tert-OH is 1. The fraction of sp³-hybridized carbons (Fsp3) is 0.222. The largest absolute Gasteiger partial charge is 0.404 e. The second-order valence-electron chi connectivity index (χ2n) is 5.95. The SMILES string of the molecule is CC(Nc1nc(C(C=NCCO)=CN)cnc1N=N)c1ccn2nccc2c1. The average molecular weight is 379 g/mol. The van der Waals surface area contributed by atoms with Crippen LogP contribution in [-0.4, -0.2) is 44.1 Å². The summed E-state index contributed by atoms with van der Waals surface area (Å²) in [4.78, 5) is 12.7. The second-order valence-corrected chi connectivity index (χ2v) is 5.95. The van der Waals surface area contributed by atoms with Gasteiger partial charge < -0.3 is 16.2 Å². The van der Waals surface area contributed by atoms with Crippen LogP contribution in [0.5, 0.6) is 0 Å². The molecular weight excluding hydrogens is 358 g/mol. The van der Waals surface area contributed by atoms with Crippen molar-refractivity contribution < 1.29 is 5.11 Å². The Morgan fingerprint density at radius 1 is 1.46 bits per heavy atom. The Morgan fingerprint density at radius 3 is 3.07 bits per heavy atom. The predicted octanol–water partition coefficient (Wildman–Crippen LogP) is 2.32. The number of fused-ring (bicyclic) bond motifs is 1. The van der Waals surface area contributed by atoms with Gasteiger partial charge in [-0.25, -0.2) is 20.0 Å². The van der Waals surface area contributed by atoms with Gasteiger partial charge in [-0.05, 0) is 30.7 Å². The first-order valence-electron chi connectivity index (χ1n) is 8.63. The van der Waals surface area contributed by atoms with Crippen LogP contribution in [0.3, 0.4) is 0 Å². The first-order valence-corrected chi connectivity index (χ1v) is 8.63. The molecule has 1 atom stereocenters. The molecule has 3 rings (SSSR count). The summed E-state index contributed by atoms with van der Waals surface area (Å²) in [5.41, 5.74) is 16.1. The molecule has 3 aromatic rings. The number of nitrogens with zero attached hydrogens (tertiary/aromatic N) is 6. The Balaban J connectivity index is 1.88. The second kappa shape index (κ2) is 8.82. The van der Waals surface area contributed by atoms with Crippen molar-refractivity contribution in [2.45, 2.75) is 13.0 Å². The fourth-order valence-corrected chi connectivity index (χ4v) is 2.61. The summed E-state index contributed by atoms with van der Waals surface area (Å²) in [6.07, 6.45) is 7.99. The van der Waals surface area contributed by atoms with Crippen LogP contribution in [-0.2, 0) is 0 Å². The van der Waals surface area contributed by atoms with Crippen molar-refractivity contribution in [1.82, 2.24) is 19.6 Å². The third kappa shape index (κ3) is 4.18. The van der Waals surface area contributed by atoms with E-state index in [1.54, 1.807) is 10.7 Å². The van der Waals surface area contributed by atoms with E-state index in [0.29, 0.717) is 17.1 Å². The number of hydrogen-bond donors (Lipinski definition) is 4. The standard InChI is InChI=1S/C18H21N9O/c1-12(13-3-6-27-15(8-13)2-4-23-27)24-18-17(26-20)22-11-16(25-18)14(9-19)10-21-5-7-28/h2-4,6,8-12,20,28H,5,7,19H2,1H3,(H,24,25). The lowest BCUT2D eigenvalue weighted by molar-refractivity contribution is 0.307. The Hall–Kier alpha value is -3.66. The van der Waals surface area contributed by atoms with E-state index in [0.717, 1.165) is 11.1 Å². The van der Waals surface area contributed by atoms with Crippen LogP contribution in [0, 0.1) is 5.53 Å². The molecule has 0 amide bonds. The van der Waals surface area contributed by atoms with Crippen molar-refractivity contribution in [1.29, 1.82) is 5.53 Å². The van der Waals surface area contributed by atoms with Gasteiger partial charge in [0.1, 0.15) is 0 Å². The number of aliphatic hydroxyl groups is 1. The zero-order valence-electron chi connectivity index (χ0n) is 15.3. The maximum absolute atomic E-state index is 8.85. The first kappa shape index (κ1) is 19.1. The van der Waals surface area contributed by atoms with Crippen molar-refractivity contribution in [3.63, 3.8) is 0 Å². The maximum Gasteiger partial charge on any atom is 0.216 e. The number of anilines is 1. The van der Waals surface area contributed by atoms with Crippen molar-refractivity contribution in [3.8, 4) is 0 Å². The molecule has 0 aliphatic rings. The van der Waals surface area contributed by atoms with Crippen molar-refractivity contribution in [3.05, 3.63) is 54.2 Å². The smallest absolute Gasteiger partial charge is 0.216 e. The Morgan fingerprint density at radius 2 is 2.32 bits per heavy atom. The van der Waals surface area contributed by atoms with Gasteiger partial charge in [-0.2, -0.15) is 5.10 Å². The lowest BCUT2D eigenvalue weighted by Gasteiger charge is -2.16. The van der Waals surface area contributed by atoms with Gasteiger partial charge in [0.15, 0.2) is 5.82 Å². The van der Waals surface area contributed by atoms with Crippen molar-refractivity contribution >= 4 is 28.9 Å². The number of allylic oxidation sites excluding steroid dienone is 1. The summed E-state index contributed by atoms with van der Waals surface area (Å²) < 4.78 is 1.78. The third-order valence-corrected chi connectivity index (χ3v) is 4.07. The average Bonchev–Trinajstić information content (AvgIpc) is 3.19. The van der Waals surface area contributed by atoms with Gasteiger partial charge >= 0.3 is 0 Å². The van der Waals surface area contributed by atoms with E-state index in [2.05, 4.69) is 30.5 Å². The van der Waals surface area contributed by atoms with Crippen LogP contribution in [0.25, 0.3) is 11.1 Å². The molecule has 10 heteroatoms. The molecule has 144 valence electrons. The number of hydrogen-bond acceptors (Lipinski definition) is 9. The lowest BCUT2D eigenvalue weighted by atomic mass is 10.1. The summed E-state index contributed by atoms with van der Waals surface area (Å²) in [6, 6.07) is 5.79. The van der Waals surface area contributed by atoms with Gasteiger partial charge in [-0.3, -0.25) is 4.99 Å². The molecule has 10 nitrogen and oxygen atoms in total. The molecule has 0 aliphatic carbocycles. The molecule has 28 heavy (non-hydrogen) atoms. The molecule has 0 fully saturated rings. The molecule has 3 heterocycles. The Kier molecular flexibility index (Phi) is 6.02. The first-order chi connectivity index (χ1) is 13.7. The van der Waals surface area contributed by atoms with E-state index in [4.69, 9.17) is 16.4 Å². The van der Waals surface area contributed by atoms with Gasteiger partial charge in [0.2, 0.25) is 5.82 Å². The fourth-order valence-electron chi connectivity index (χ4n) is 2.61. The zero-order chi connectivity index (χ0) is 19.9. The minimum Gasteiger partial charge on any atom is -0.404 e.